The molecule has 1 aliphatic heterocycles. The first-order valence-electron chi connectivity index (χ1n) is 9.89. The zero-order valence-corrected chi connectivity index (χ0v) is 18.5. The summed E-state index contributed by atoms with van der Waals surface area (Å²) in [6.07, 6.45) is 0. The van der Waals surface area contributed by atoms with Crippen molar-refractivity contribution >= 4 is 46.6 Å². The summed E-state index contributed by atoms with van der Waals surface area (Å²) in [6.45, 7) is 2.43. The lowest BCUT2D eigenvalue weighted by Gasteiger charge is -2.26. The van der Waals surface area contributed by atoms with E-state index in [1.54, 1.807) is 40.9 Å². The lowest BCUT2D eigenvalue weighted by molar-refractivity contribution is -0.115. The van der Waals surface area contributed by atoms with Crippen LogP contribution < -0.4 is 15.0 Å². The molecule has 1 aliphatic rings. The van der Waals surface area contributed by atoms with Gasteiger partial charge in [0.05, 0.1) is 18.0 Å². The van der Waals surface area contributed by atoms with Gasteiger partial charge in [-0.05, 0) is 55.0 Å². The summed E-state index contributed by atoms with van der Waals surface area (Å²) in [7, 11) is 0. The Kier molecular flexibility index (Phi) is 6.49. The minimum atomic E-state index is -0.242. The predicted octanol–water partition coefficient (Wildman–Crippen LogP) is 5.77. The number of nitrogens with one attached hydrogen (secondary N) is 1. The van der Waals surface area contributed by atoms with E-state index in [9.17, 15) is 9.59 Å². The Hall–Kier alpha value is -2.96. The van der Waals surface area contributed by atoms with Crippen molar-refractivity contribution in [1.29, 1.82) is 0 Å². The van der Waals surface area contributed by atoms with Gasteiger partial charge in [-0.25, -0.2) is 0 Å². The van der Waals surface area contributed by atoms with E-state index < -0.39 is 0 Å². The van der Waals surface area contributed by atoms with Gasteiger partial charge in [0.15, 0.2) is 0 Å². The molecule has 0 radical (unpaired) electrons. The minimum Gasteiger partial charge on any atom is -0.492 e. The van der Waals surface area contributed by atoms with Gasteiger partial charge in [0, 0.05) is 16.3 Å². The van der Waals surface area contributed by atoms with Crippen LogP contribution >= 0.6 is 23.4 Å². The monoisotopic (exact) mass is 452 g/mol. The molecule has 0 saturated carbocycles. The van der Waals surface area contributed by atoms with Crippen molar-refractivity contribution in [3.8, 4) is 5.75 Å². The van der Waals surface area contributed by atoms with E-state index in [4.69, 9.17) is 16.3 Å². The molecule has 0 spiro atoms. The van der Waals surface area contributed by atoms with Crippen molar-refractivity contribution < 1.29 is 14.3 Å². The van der Waals surface area contributed by atoms with Gasteiger partial charge in [0.1, 0.15) is 11.1 Å². The normalized spacial score (nSPS) is 15.7. The second kappa shape index (κ2) is 9.45. The van der Waals surface area contributed by atoms with Crippen molar-refractivity contribution in [2.24, 2.45) is 0 Å². The van der Waals surface area contributed by atoms with Gasteiger partial charge in [-0.2, -0.15) is 0 Å². The Balaban J connectivity index is 1.61. The van der Waals surface area contributed by atoms with Crippen LogP contribution in [-0.2, 0) is 4.79 Å². The highest BCUT2D eigenvalue weighted by Crippen LogP contribution is 2.45. The van der Waals surface area contributed by atoms with E-state index in [1.807, 2.05) is 55.5 Å². The number of halogens is 1. The summed E-state index contributed by atoms with van der Waals surface area (Å²) in [6, 6.07) is 21.9. The fourth-order valence-electron chi connectivity index (χ4n) is 3.47. The largest absolute Gasteiger partial charge is 0.492 e. The number of nitrogens with zero attached hydrogens (tertiary/aromatic N) is 1. The first kappa shape index (κ1) is 21.3. The molecule has 1 heterocycles. The fourth-order valence-corrected chi connectivity index (χ4v) is 4.82. The molecule has 7 heteroatoms. The molecule has 2 amide bonds. The number of carbonyl (C=O) groups excluding carboxylic acids is 2. The van der Waals surface area contributed by atoms with Gasteiger partial charge >= 0.3 is 0 Å². The number of hydrogen-bond acceptors (Lipinski definition) is 4. The van der Waals surface area contributed by atoms with Gasteiger partial charge in [-0.15, -0.1) is 11.8 Å². The number of para-hydroxylation sites is 2. The van der Waals surface area contributed by atoms with Crippen LogP contribution in [0, 0.1) is 0 Å². The predicted molar refractivity (Wildman–Crippen MR) is 126 cm³/mol. The number of rotatable bonds is 6. The molecule has 31 heavy (non-hydrogen) atoms. The average molecular weight is 453 g/mol. The topological polar surface area (TPSA) is 58.6 Å². The Bertz CT molecular complexity index is 1120. The fraction of sp³-hybridized carbons (Fsp3) is 0.167. The number of carbonyl (C=O) groups is 2. The molecule has 1 N–H and O–H groups in total. The van der Waals surface area contributed by atoms with Crippen molar-refractivity contribution in [3.63, 3.8) is 0 Å². The second-order valence-electron chi connectivity index (χ2n) is 6.92. The Morgan fingerprint density at radius 2 is 1.94 bits per heavy atom. The van der Waals surface area contributed by atoms with Crippen LogP contribution in [0.25, 0.3) is 0 Å². The molecule has 0 aromatic heterocycles. The highest BCUT2D eigenvalue weighted by Gasteiger charge is 2.35. The maximum absolute atomic E-state index is 12.8. The van der Waals surface area contributed by atoms with Crippen LogP contribution in [-0.4, -0.2) is 24.2 Å². The lowest BCUT2D eigenvalue weighted by Crippen LogP contribution is -2.28. The molecule has 158 valence electrons. The van der Waals surface area contributed by atoms with Crippen LogP contribution in [0.1, 0.15) is 28.2 Å². The van der Waals surface area contributed by atoms with E-state index in [0.29, 0.717) is 34.4 Å². The van der Waals surface area contributed by atoms with Gasteiger partial charge in [0.2, 0.25) is 5.91 Å². The van der Waals surface area contributed by atoms with Crippen LogP contribution in [0.2, 0.25) is 5.02 Å². The highest BCUT2D eigenvalue weighted by atomic mass is 35.5. The summed E-state index contributed by atoms with van der Waals surface area (Å²) in [4.78, 5) is 27.1. The molecule has 1 atom stereocenters. The molecule has 3 aromatic carbocycles. The van der Waals surface area contributed by atoms with Crippen molar-refractivity contribution in [3.05, 3.63) is 88.9 Å². The van der Waals surface area contributed by atoms with Crippen LogP contribution in [0.5, 0.6) is 5.75 Å². The van der Waals surface area contributed by atoms with E-state index >= 15 is 0 Å². The number of ether oxygens (including phenoxy) is 1. The SMILES string of the molecule is CCOc1ccccc1N1C(=O)CS[C@@H]1c1cccc(NC(=O)c2cccc(Cl)c2)c1. The zero-order valence-electron chi connectivity index (χ0n) is 16.9. The molecule has 0 aliphatic carbocycles. The lowest BCUT2D eigenvalue weighted by atomic mass is 10.1. The van der Waals surface area contributed by atoms with Crippen LogP contribution in [0.3, 0.4) is 0 Å². The third-order valence-corrected chi connectivity index (χ3v) is 6.26. The average Bonchev–Trinajstić information content (AvgIpc) is 3.16. The molecular weight excluding hydrogens is 432 g/mol. The molecule has 0 unspecified atom stereocenters. The molecule has 1 fully saturated rings. The van der Waals surface area contributed by atoms with Gasteiger partial charge < -0.3 is 10.1 Å². The zero-order chi connectivity index (χ0) is 21.8. The number of anilines is 2. The van der Waals surface area contributed by atoms with Crippen molar-refractivity contribution in [2.75, 3.05) is 22.6 Å². The summed E-state index contributed by atoms with van der Waals surface area (Å²) in [5.74, 6) is 0.838. The van der Waals surface area contributed by atoms with Crippen LogP contribution in [0.15, 0.2) is 72.8 Å². The first-order chi connectivity index (χ1) is 15.1. The quantitative estimate of drug-likeness (QED) is 0.515. The van der Waals surface area contributed by atoms with E-state index in [2.05, 4.69) is 5.32 Å². The molecular formula is C24H21ClN2O3S. The van der Waals surface area contributed by atoms with E-state index in [-0.39, 0.29) is 17.2 Å². The Morgan fingerprint density at radius 1 is 1.13 bits per heavy atom. The summed E-state index contributed by atoms with van der Waals surface area (Å²) in [5.41, 5.74) is 2.81. The third kappa shape index (κ3) is 4.70. The molecule has 4 rings (SSSR count). The summed E-state index contributed by atoms with van der Waals surface area (Å²) < 4.78 is 5.75. The minimum absolute atomic E-state index is 0.0236. The van der Waals surface area contributed by atoms with Crippen molar-refractivity contribution in [2.45, 2.75) is 12.3 Å². The standard InChI is InChI=1S/C24H21ClN2O3S/c1-2-30-21-12-4-3-11-20(21)27-22(28)15-31-24(27)17-8-6-10-19(14-17)26-23(29)16-7-5-9-18(25)13-16/h3-14,24H,2,15H2,1H3,(H,26,29)/t24-/m1/s1. The van der Waals surface area contributed by atoms with Gasteiger partial charge in [-0.3, -0.25) is 14.5 Å². The first-order valence-corrected chi connectivity index (χ1v) is 11.3. The Morgan fingerprint density at radius 3 is 2.74 bits per heavy atom. The maximum atomic E-state index is 12.8. The molecule has 1 saturated heterocycles. The Labute approximate surface area is 190 Å². The highest BCUT2D eigenvalue weighted by molar-refractivity contribution is 8.00. The van der Waals surface area contributed by atoms with Gasteiger partial charge in [0.25, 0.3) is 5.91 Å². The molecule has 5 nitrogen and oxygen atoms in total. The number of benzene rings is 3. The summed E-state index contributed by atoms with van der Waals surface area (Å²) >= 11 is 7.55. The van der Waals surface area contributed by atoms with E-state index in [0.717, 1.165) is 11.3 Å². The van der Waals surface area contributed by atoms with Crippen molar-refractivity contribution in [1.82, 2.24) is 0 Å². The third-order valence-electron chi connectivity index (χ3n) is 4.81. The van der Waals surface area contributed by atoms with Crippen LogP contribution in [0.4, 0.5) is 11.4 Å². The number of hydrogen-bond donors (Lipinski definition) is 1. The number of amides is 2. The summed E-state index contributed by atoms with van der Waals surface area (Å²) in [5, 5.41) is 3.21. The number of thioether (sulfide) groups is 1. The maximum Gasteiger partial charge on any atom is 0.255 e. The van der Waals surface area contributed by atoms with Gasteiger partial charge in [-0.1, -0.05) is 41.9 Å². The molecule has 0 bridgehead atoms. The second-order valence-corrected chi connectivity index (χ2v) is 8.42. The van der Waals surface area contributed by atoms with E-state index in [1.165, 1.54) is 0 Å². The molecule has 3 aromatic rings. The smallest absolute Gasteiger partial charge is 0.255 e.